The standard InChI is InChI=1S/C13H23N3O3S/c1-15(12-2-3-20(18,19)9-12)13(17)8-16-6-10-4-14-5-11(10)7-16/h10-12,14H,2-9H2,1H3. The molecule has 6 nitrogen and oxygen atoms in total. The van der Waals surface area contributed by atoms with Crippen molar-refractivity contribution in [2.45, 2.75) is 12.5 Å². The summed E-state index contributed by atoms with van der Waals surface area (Å²) in [6.07, 6.45) is 0.583. The molecule has 0 aromatic carbocycles. The molecule has 20 heavy (non-hydrogen) atoms. The van der Waals surface area contributed by atoms with Crippen molar-refractivity contribution in [3.05, 3.63) is 0 Å². The van der Waals surface area contributed by atoms with Gasteiger partial charge in [-0.1, -0.05) is 0 Å². The zero-order valence-electron chi connectivity index (χ0n) is 11.9. The Kier molecular flexibility index (Phi) is 3.77. The summed E-state index contributed by atoms with van der Waals surface area (Å²) in [4.78, 5) is 16.2. The van der Waals surface area contributed by atoms with Crippen LogP contribution in [0.4, 0.5) is 0 Å². The highest BCUT2D eigenvalue weighted by atomic mass is 32.2. The number of nitrogens with one attached hydrogen (secondary N) is 1. The van der Waals surface area contributed by atoms with Crippen LogP contribution in [0.2, 0.25) is 0 Å². The van der Waals surface area contributed by atoms with E-state index in [1.54, 1.807) is 11.9 Å². The lowest BCUT2D eigenvalue weighted by Crippen LogP contribution is -2.44. The predicted octanol–water partition coefficient (Wildman–Crippen LogP) is -1.22. The molecule has 114 valence electrons. The van der Waals surface area contributed by atoms with Gasteiger partial charge in [0.1, 0.15) is 0 Å². The highest BCUT2D eigenvalue weighted by molar-refractivity contribution is 7.91. The number of rotatable bonds is 3. The maximum absolute atomic E-state index is 12.3. The fraction of sp³-hybridized carbons (Fsp3) is 0.923. The minimum atomic E-state index is -2.93. The number of sulfone groups is 1. The minimum Gasteiger partial charge on any atom is -0.341 e. The van der Waals surface area contributed by atoms with Gasteiger partial charge in [-0.2, -0.15) is 0 Å². The number of nitrogens with zero attached hydrogens (tertiary/aromatic N) is 2. The van der Waals surface area contributed by atoms with Gasteiger partial charge >= 0.3 is 0 Å². The highest BCUT2D eigenvalue weighted by Gasteiger charge is 2.38. The minimum absolute atomic E-state index is 0.0556. The SMILES string of the molecule is CN(C(=O)CN1CC2CNCC2C1)C1CCS(=O)(=O)C1. The number of likely N-dealkylation sites (N-methyl/N-ethyl adjacent to an activating group) is 1. The highest BCUT2D eigenvalue weighted by Crippen LogP contribution is 2.26. The summed E-state index contributed by atoms with van der Waals surface area (Å²) in [5.74, 6) is 1.76. The quantitative estimate of drug-likeness (QED) is 0.708. The van der Waals surface area contributed by atoms with E-state index in [-0.39, 0.29) is 23.5 Å². The largest absolute Gasteiger partial charge is 0.341 e. The zero-order chi connectivity index (χ0) is 14.3. The van der Waals surface area contributed by atoms with Crippen molar-refractivity contribution >= 4 is 15.7 Å². The maximum Gasteiger partial charge on any atom is 0.236 e. The van der Waals surface area contributed by atoms with Gasteiger partial charge in [0.25, 0.3) is 0 Å². The number of hydrogen-bond acceptors (Lipinski definition) is 5. The van der Waals surface area contributed by atoms with E-state index in [0.717, 1.165) is 26.2 Å². The number of likely N-dealkylation sites (tertiary alicyclic amines) is 1. The van der Waals surface area contributed by atoms with E-state index in [2.05, 4.69) is 10.2 Å². The van der Waals surface area contributed by atoms with Gasteiger partial charge in [0.2, 0.25) is 5.91 Å². The fourth-order valence-corrected chi connectivity index (χ4v) is 5.44. The van der Waals surface area contributed by atoms with Crippen molar-refractivity contribution in [3.63, 3.8) is 0 Å². The number of carbonyl (C=O) groups is 1. The third-order valence-electron chi connectivity index (χ3n) is 4.97. The molecule has 0 aromatic heterocycles. The lowest BCUT2D eigenvalue weighted by atomic mass is 10.0. The van der Waals surface area contributed by atoms with Crippen LogP contribution in [0.5, 0.6) is 0 Å². The van der Waals surface area contributed by atoms with Gasteiger partial charge in [0.05, 0.1) is 18.1 Å². The molecule has 3 aliphatic rings. The monoisotopic (exact) mass is 301 g/mol. The molecule has 3 unspecified atom stereocenters. The van der Waals surface area contributed by atoms with E-state index in [1.165, 1.54) is 0 Å². The summed E-state index contributed by atoms with van der Waals surface area (Å²) < 4.78 is 23.0. The van der Waals surface area contributed by atoms with Gasteiger partial charge in [-0.3, -0.25) is 9.69 Å². The second kappa shape index (κ2) is 5.27. The Hall–Kier alpha value is -0.660. The first kappa shape index (κ1) is 14.3. The molecule has 0 spiro atoms. The first-order valence-corrected chi connectivity index (χ1v) is 9.16. The number of hydrogen-bond donors (Lipinski definition) is 1. The first-order chi connectivity index (χ1) is 9.44. The molecule has 1 N–H and O–H groups in total. The summed E-state index contributed by atoms with van der Waals surface area (Å²) in [6, 6.07) is -0.128. The third kappa shape index (κ3) is 2.84. The molecule has 3 rings (SSSR count). The van der Waals surface area contributed by atoms with E-state index in [1.807, 2.05) is 0 Å². The first-order valence-electron chi connectivity index (χ1n) is 7.34. The number of fused-ring (bicyclic) bond motifs is 1. The Morgan fingerprint density at radius 3 is 2.50 bits per heavy atom. The lowest BCUT2D eigenvalue weighted by Gasteiger charge is -2.26. The zero-order valence-corrected chi connectivity index (χ0v) is 12.7. The average Bonchev–Trinajstić information content (AvgIpc) is 3.02. The van der Waals surface area contributed by atoms with Crippen LogP contribution < -0.4 is 5.32 Å². The van der Waals surface area contributed by atoms with Crippen LogP contribution >= 0.6 is 0 Å². The van der Waals surface area contributed by atoms with E-state index < -0.39 is 9.84 Å². The molecule has 1 amide bonds. The Bertz CT molecular complexity index is 481. The van der Waals surface area contributed by atoms with Crippen molar-refractivity contribution in [2.24, 2.45) is 11.8 Å². The normalized spacial score (nSPS) is 36.1. The van der Waals surface area contributed by atoms with Crippen LogP contribution in [0.25, 0.3) is 0 Å². The van der Waals surface area contributed by atoms with Crippen LogP contribution in [-0.2, 0) is 14.6 Å². The lowest BCUT2D eigenvalue weighted by molar-refractivity contribution is -0.132. The molecule has 0 saturated carbocycles. The fourth-order valence-electron chi connectivity index (χ4n) is 3.67. The smallest absolute Gasteiger partial charge is 0.236 e. The number of carbonyl (C=O) groups excluding carboxylic acids is 1. The molecule has 0 aliphatic carbocycles. The molecule has 3 aliphatic heterocycles. The van der Waals surface area contributed by atoms with Gasteiger partial charge < -0.3 is 10.2 Å². The molecule has 0 radical (unpaired) electrons. The van der Waals surface area contributed by atoms with Crippen molar-refractivity contribution in [3.8, 4) is 0 Å². The van der Waals surface area contributed by atoms with Gasteiger partial charge in [0, 0.05) is 26.2 Å². The Morgan fingerprint density at radius 1 is 1.30 bits per heavy atom. The Labute approximate surface area is 120 Å². The molecule has 3 heterocycles. The van der Waals surface area contributed by atoms with Crippen molar-refractivity contribution in [2.75, 3.05) is 51.3 Å². The summed E-state index contributed by atoms with van der Waals surface area (Å²) in [7, 11) is -1.19. The van der Waals surface area contributed by atoms with Crippen LogP contribution in [0, 0.1) is 11.8 Å². The summed E-state index contributed by atoms with van der Waals surface area (Å²) in [5, 5.41) is 3.39. The average molecular weight is 301 g/mol. The molecule has 7 heteroatoms. The van der Waals surface area contributed by atoms with Gasteiger partial charge in [0.15, 0.2) is 9.84 Å². The molecule has 0 bridgehead atoms. The topological polar surface area (TPSA) is 69.7 Å². The van der Waals surface area contributed by atoms with Crippen LogP contribution in [0.3, 0.4) is 0 Å². The maximum atomic E-state index is 12.3. The van der Waals surface area contributed by atoms with Crippen molar-refractivity contribution in [1.82, 2.24) is 15.1 Å². The molecular formula is C13H23N3O3S. The second-order valence-electron chi connectivity index (χ2n) is 6.43. The van der Waals surface area contributed by atoms with Crippen LogP contribution in [-0.4, -0.2) is 81.4 Å². The molecule has 0 aromatic rings. The van der Waals surface area contributed by atoms with Gasteiger partial charge in [-0.15, -0.1) is 0 Å². The molecule has 3 atom stereocenters. The van der Waals surface area contributed by atoms with E-state index in [0.29, 0.717) is 24.8 Å². The summed E-state index contributed by atoms with van der Waals surface area (Å²) in [6.45, 7) is 4.53. The van der Waals surface area contributed by atoms with Gasteiger partial charge in [-0.25, -0.2) is 8.42 Å². The van der Waals surface area contributed by atoms with Gasteiger partial charge in [-0.05, 0) is 31.3 Å². The van der Waals surface area contributed by atoms with Crippen molar-refractivity contribution in [1.29, 1.82) is 0 Å². The number of amides is 1. The van der Waals surface area contributed by atoms with E-state index >= 15 is 0 Å². The molecular weight excluding hydrogens is 278 g/mol. The van der Waals surface area contributed by atoms with Crippen LogP contribution in [0.15, 0.2) is 0 Å². The van der Waals surface area contributed by atoms with E-state index in [4.69, 9.17) is 0 Å². The van der Waals surface area contributed by atoms with E-state index in [9.17, 15) is 13.2 Å². The summed E-state index contributed by atoms with van der Waals surface area (Å²) >= 11 is 0. The second-order valence-corrected chi connectivity index (χ2v) is 8.66. The molecule has 3 saturated heterocycles. The van der Waals surface area contributed by atoms with Crippen molar-refractivity contribution < 1.29 is 13.2 Å². The third-order valence-corrected chi connectivity index (χ3v) is 6.72. The summed E-state index contributed by atoms with van der Waals surface area (Å²) in [5.41, 5.74) is 0. The Balaban J connectivity index is 1.52. The molecule has 3 fully saturated rings. The Morgan fingerprint density at radius 2 is 1.95 bits per heavy atom. The van der Waals surface area contributed by atoms with Crippen LogP contribution in [0.1, 0.15) is 6.42 Å². The predicted molar refractivity (Wildman–Crippen MR) is 76.1 cm³/mol.